The minimum Gasteiger partial charge on any atom is -0.382 e. The van der Waals surface area contributed by atoms with Gasteiger partial charge >= 0.3 is 0 Å². The van der Waals surface area contributed by atoms with Gasteiger partial charge in [0.1, 0.15) is 5.82 Å². The fourth-order valence-electron chi connectivity index (χ4n) is 2.41. The highest BCUT2D eigenvalue weighted by molar-refractivity contribution is 7.99. The lowest BCUT2D eigenvalue weighted by Crippen LogP contribution is -2.28. The molecule has 1 aliphatic heterocycles. The van der Waals surface area contributed by atoms with Crippen LogP contribution in [0.1, 0.15) is 12.0 Å². The van der Waals surface area contributed by atoms with Crippen LogP contribution >= 0.6 is 11.8 Å². The molecule has 2 aromatic carbocycles. The summed E-state index contributed by atoms with van der Waals surface area (Å²) in [6.45, 7) is 3.70. The molecular formula is C19H17FN2O2S. The van der Waals surface area contributed by atoms with E-state index in [2.05, 4.69) is 17.1 Å². The van der Waals surface area contributed by atoms with Gasteiger partial charge < -0.3 is 10.2 Å². The van der Waals surface area contributed by atoms with Gasteiger partial charge in [-0.2, -0.15) is 0 Å². The van der Waals surface area contributed by atoms with E-state index in [1.807, 2.05) is 30.3 Å². The van der Waals surface area contributed by atoms with Crippen molar-refractivity contribution in [3.63, 3.8) is 0 Å². The van der Waals surface area contributed by atoms with Crippen molar-refractivity contribution in [3.05, 3.63) is 72.6 Å². The average Bonchev–Trinajstić information content (AvgIpc) is 3.11. The van der Waals surface area contributed by atoms with Crippen molar-refractivity contribution >= 4 is 29.1 Å². The highest BCUT2D eigenvalue weighted by Crippen LogP contribution is 2.28. The minimum absolute atomic E-state index is 0.276. The van der Waals surface area contributed by atoms with E-state index in [1.165, 1.54) is 12.1 Å². The molecule has 0 bridgehead atoms. The van der Waals surface area contributed by atoms with Crippen LogP contribution in [0.4, 0.5) is 10.1 Å². The maximum absolute atomic E-state index is 13.3. The van der Waals surface area contributed by atoms with Crippen LogP contribution in [0.5, 0.6) is 0 Å². The van der Waals surface area contributed by atoms with Crippen LogP contribution in [-0.2, 0) is 9.63 Å². The van der Waals surface area contributed by atoms with Crippen molar-refractivity contribution in [2.24, 2.45) is 5.16 Å². The van der Waals surface area contributed by atoms with E-state index < -0.39 is 6.10 Å². The van der Waals surface area contributed by atoms with E-state index in [9.17, 15) is 9.18 Å². The second kappa shape index (κ2) is 7.98. The number of nitrogens with one attached hydrogen (secondary N) is 1. The molecule has 128 valence electrons. The molecule has 1 heterocycles. The van der Waals surface area contributed by atoms with Crippen LogP contribution in [0.3, 0.4) is 0 Å². The van der Waals surface area contributed by atoms with E-state index >= 15 is 0 Å². The monoisotopic (exact) mass is 356 g/mol. The normalized spacial score (nSPS) is 16.0. The predicted molar refractivity (Wildman–Crippen MR) is 98.4 cm³/mol. The smallest absolute Gasteiger partial charge is 0.268 e. The number of carbonyl (C=O) groups is 1. The predicted octanol–water partition coefficient (Wildman–Crippen LogP) is 4.24. The van der Waals surface area contributed by atoms with E-state index in [0.717, 1.165) is 16.3 Å². The third-order valence-corrected chi connectivity index (χ3v) is 4.69. The van der Waals surface area contributed by atoms with Crippen molar-refractivity contribution in [1.29, 1.82) is 0 Å². The molecule has 0 fully saturated rings. The molecule has 0 saturated carbocycles. The SMILES string of the molecule is C=CCSc1ccccc1NC(=O)[C@@H]1CC(c2cccc(F)c2)=NO1. The summed E-state index contributed by atoms with van der Waals surface area (Å²) in [7, 11) is 0. The Hall–Kier alpha value is -2.60. The average molecular weight is 356 g/mol. The first-order valence-corrected chi connectivity index (χ1v) is 8.78. The standard InChI is InChI=1S/C19H17FN2O2S/c1-2-10-25-18-9-4-3-8-15(18)21-19(23)17-12-16(22-24-17)13-6-5-7-14(20)11-13/h2-9,11,17H,1,10,12H2,(H,21,23)/t17-/m0/s1. The number of nitrogens with zero attached hydrogens (tertiary/aromatic N) is 1. The van der Waals surface area contributed by atoms with Gasteiger partial charge in [-0.05, 0) is 24.3 Å². The molecule has 2 aromatic rings. The quantitative estimate of drug-likeness (QED) is 0.622. The Morgan fingerprint density at radius 2 is 2.20 bits per heavy atom. The fourth-order valence-corrected chi connectivity index (χ4v) is 3.16. The van der Waals surface area contributed by atoms with E-state index in [1.54, 1.807) is 23.9 Å². The molecule has 1 atom stereocenters. The molecule has 0 aliphatic carbocycles. The zero-order chi connectivity index (χ0) is 17.6. The maximum Gasteiger partial charge on any atom is 0.268 e. The molecule has 6 heteroatoms. The minimum atomic E-state index is -0.726. The lowest BCUT2D eigenvalue weighted by molar-refractivity contribution is -0.125. The van der Waals surface area contributed by atoms with Crippen LogP contribution in [0.2, 0.25) is 0 Å². The number of benzene rings is 2. The van der Waals surface area contributed by atoms with Crippen LogP contribution < -0.4 is 5.32 Å². The topological polar surface area (TPSA) is 50.7 Å². The number of thioether (sulfide) groups is 1. The third kappa shape index (κ3) is 4.28. The number of rotatable bonds is 6. The lowest BCUT2D eigenvalue weighted by atomic mass is 10.0. The van der Waals surface area contributed by atoms with Crippen molar-refractivity contribution in [3.8, 4) is 0 Å². The van der Waals surface area contributed by atoms with Gasteiger partial charge in [-0.25, -0.2) is 4.39 Å². The highest BCUT2D eigenvalue weighted by atomic mass is 32.2. The summed E-state index contributed by atoms with van der Waals surface area (Å²) in [5.74, 6) is 0.127. The molecule has 1 amide bonds. The van der Waals surface area contributed by atoms with E-state index in [4.69, 9.17) is 4.84 Å². The summed E-state index contributed by atoms with van der Waals surface area (Å²) in [4.78, 5) is 18.7. The number of hydrogen-bond donors (Lipinski definition) is 1. The molecular weight excluding hydrogens is 339 g/mol. The molecule has 1 aliphatic rings. The van der Waals surface area contributed by atoms with Gasteiger partial charge in [0.15, 0.2) is 0 Å². The van der Waals surface area contributed by atoms with Gasteiger partial charge in [-0.3, -0.25) is 4.79 Å². The fraction of sp³-hybridized carbons (Fsp3) is 0.158. The van der Waals surface area contributed by atoms with Crippen molar-refractivity contribution < 1.29 is 14.0 Å². The largest absolute Gasteiger partial charge is 0.382 e. The van der Waals surface area contributed by atoms with Gasteiger partial charge in [0.05, 0.1) is 11.4 Å². The maximum atomic E-state index is 13.3. The number of halogens is 1. The first kappa shape index (κ1) is 17.2. The molecule has 3 rings (SSSR count). The zero-order valence-corrected chi connectivity index (χ0v) is 14.3. The lowest BCUT2D eigenvalue weighted by Gasteiger charge is -2.12. The molecule has 4 nitrogen and oxygen atoms in total. The van der Waals surface area contributed by atoms with E-state index in [-0.39, 0.29) is 11.7 Å². The molecule has 0 unspecified atom stereocenters. The summed E-state index contributed by atoms with van der Waals surface area (Å²) < 4.78 is 13.3. The summed E-state index contributed by atoms with van der Waals surface area (Å²) in [6, 6.07) is 13.6. The first-order valence-electron chi connectivity index (χ1n) is 7.79. The molecule has 0 radical (unpaired) electrons. The van der Waals surface area contributed by atoms with Gasteiger partial charge in [0.2, 0.25) is 6.10 Å². The van der Waals surface area contributed by atoms with Crippen molar-refractivity contribution in [2.45, 2.75) is 17.4 Å². The molecule has 25 heavy (non-hydrogen) atoms. The molecule has 0 saturated heterocycles. The van der Waals surface area contributed by atoms with Gasteiger partial charge in [0, 0.05) is 22.6 Å². The van der Waals surface area contributed by atoms with Gasteiger partial charge in [-0.15, -0.1) is 18.3 Å². The number of para-hydroxylation sites is 1. The Labute approximate surface area is 149 Å². The molecule has 0 aromatic heterocycles. The summed E-state index contributed by atoms with van der Waals surface area (Å²) in [6.07, 6.45) is 1.38. The number of carbonyl (C=O) groups excluding carboxylic acids is 1. The van der Waals surface area contributed by atoms with Crippen LogP contribution in [0, 0.1) is 5.82 Å². The van der Waals surface area contributed by atoms with Crippen molar-refractivity contribution in [2.75, 3.05) is 11.1 Å². The zero-order valence-electron chi connectivity index (χ0n) is 13.4. The second-order valence-electron chi connectivity index (χ2n) is 5.43. The third-order valence-electron chi connectivity index (χ3n) is 3.62. The van der Waals surface area contributed by atoms with Gasteiger partial charge in [0.25, 0.3) is 5.91 Å². The number of hydrogen-bond acceptors (Lipinski definition) is 4. The van der Waals surface area contributed by atoms with Crippen molar-refractivity contribution in [1.82, 2.24) is 0 Å². The van der Waals surface area contributed by atoms with Crippen LogP contribution in [0.25, 0.3) is 0 Å². The summed E-state index contributed by atoms with van der Waals surface area (Å²) >= 11 is 1.59. The second-order valence-corrected chi connectivity index (χ2v) is 6.49. The Bertz CT molecular complexity index is 823. The Kier molecular flexibility index (Phi) is 5.50. The van der Waals surface area contributed by atoms with Crippen LogP contribution in [0.15, 0.2) is 71.2 Å². The Morgan fingerprint density at radius 1 is 1.36 bits per heavy atom. The summed E-state index contributed by atoms with van der Waals surface area (Å²) in [5, 5.41) is 6.81. The molecule has 1 N–H and O–H groups in total. The highest BCUT2D eigenvalue weighted by Gasteiger charge is 2.29. The summed E-state index contributed by atoms with van der Waals surface area (Å²) in [5.41, 5.74) is 1.91. The Balaban J connectivity index is 1.65. The van der Waals surface area contributed by atoms with Gasteiger partial charge in [-0.1, -0.05) is 35.5 Å². The molecule has 0 spiro atoms. The van der Waals surface area contributed by atoms with Crippen LogP contribution in [-0.4, -0.2) is 23.5 Å². The van der Waals surface area contributed by atoms with E-state index in [0.29, 0.717) is 17.7 Å². The number of anilines is 1. The Morgan fingerprint density at radius 3 is 3.00 bits per heavy atom. The number of amides is 1. The first-order chi connectivity index (χ1) is 12.2. The number of oxime groups is 1.